The Labute approximate surface area is 118 Å². The number of benzene rings is 1. The molecule has 0 bridgehead atoms. The van der Waals surface area contributed by atoms with Crippen LogP contribution in [0.25, 0.3) is 0 Å². The number of hydrogen-bond donors (Lipinski definition) is 2. The number of aliphatic carboxylic acids is 1. The van der Waals surface area contributed by atoms with Crippen LogP contribution in [0.1, 0.15) is 18.1 Å². The molecule has 1 aliphatic heterocycles. The maximum Gasteiger partial charge on any atom is 0.317 e. The molecular formula is C15H20N2O3. The number of carbonyl (C=O) groups is 2. The van der Waals surface area contributed by atoms with E-state index >= 15 is 0 Å². The fourth-order valence-electron chi connectivity index (χ4n) is 2.31. The molecule has 0 spiro atoms. The van der Waals surface area contributed by atoms with Gasteiger partial charge in [0, 0.05) is 19.6 Å². The minimum atomic E-state index is -0.895. The fraction of sp³-hybridized carbons (Fsp3) is 0.467. The van der Waals surface area contributed by atoms with Crippen LogP contribution in [0.3, 0.4) is 0 Å². The number of nitrogens with zero attached hydrogens (tertiary/aromatic N) is 1. The molecule has 1 aliphatic rings. The molecule has 2 amide bonds. The summed E-state index contributed by atoms with van der Waals surface area (Å²) in [5, 5.41) is 11.5. The van der Waals surface area contributed by atoms with E-state index in [4.69, 9.17) is 5.11 Å². The Morgan fingerprint density at radius 3 is 2.30 bits per heavy atom. The summed E-state index contributed by atoms with van der Waals surface area (Å²) in [5.74, 6) is -1.46. The molecule has 5 heteroatoms. The van der Waals surface area contributed by atoms with Crippen LogP contribution in [0.5, 0.6) is 0 Å². The highest BCUT2D eigenvalue weighted by molar-refractivity contribution is 5.76. The minimum absolute atomic E-state index is 0.164. The number of urea groups is 1. The zero-order valence-electron chi connectivity index (χ0n) is 11.6. The van der Waals surface area contributed by atoms with E-state index in [2.05, 4.69) is 17.4 Å². The Kier molecular flexibility index (Phi) is 4.61. The van der Waals surface area contributed by atoms with E-state index in [0.29, 0.717) is 13.1 Å². The van der Waals surface area contributed by atoms with Gasteiger partial charge in [0.05, 0.1) is 5.92 Å². The lowest BCUT2D eigenvalue weighted by atomic mass is 10.0. The molecule has 2 rings (SSSR count). The van der Waals surface area contributed by atoms with E-state index in [1.54, 1.807) is 11.8 Å². The highest BCUT2D eigenvalue weighted by Crippen LogP contribution is 2.15. The molecular weight excluding hydrogens is 256 g/mol. The molecule has 1 aromatic carbocycles. The summed E-state index contributed by atoms with van der Waals surface area (Å²) in [6.45, 7) is 3.09. The Balaban J connectivity index is 1.89. The molecule has 1 atom stereocenters. The number of hydrogen-bond acceptors (Lipinski definition) is 2. The summed E-state index contributed by atoms with van der Waals surface area (Å²) >= 11 is 0. The second-order valence-corrected chi connectivity index (χ2v) is 5.18. The number of rotatable bonds is 3. The first kappa shape index (κ1) is 14.4. The van der Waals surface area contributed by atoms with Crippen LogP contribution in [0.2, 0.25) is 0 Å². The minimum Gasteiger partial charge on any atom is -0.481 e. The highest BCUT2D eigenvalue weighted by atomic mass is 16.4. The number of carboxylic acids is 1. The first-order valence-corrected chi connectivity index (χ1v) is 6.90. The molecule has 0 fully saturated rings. The second kappa shape index (κ2) is 6.41. The molecule has 1 heterocycles. The molecule has 1 unspecified atom stereocenters. The molecule has 0 aromatic heterocycles. The first-order valence-electron chi connectivity index (χ1n) is 6.90. The van der Waals surface area contributed by atoms with Gasteiger partial charge in [-0.3, -0.25) is 4.79 Å². The molecule has 0 radical (unpaired) electrons. The molecule has 0 saturated heterocycles. The Hall–Kier alpha value is -2.04. The topological polar surface area (TPSA) is 69.6 Å². The van der Waals surface area contributed by atoms with Crippen molar-refractivity contribution in [3.63, 3.8) is 0 Å². The van der Waals surface area contributed by atoms with E-state index in [1.165, 1.54) is 11.1 Å². The third-order valence-electron chi connectivity index (χ3n) is 3.69. The van der Waals surface area contributed by atoms with E-state index in [-0.39, 0.29) is 12.6 Å². The fourth-order valence-corrected chi connectivity index (χ4v) is 2.31. The van der Waals surface area contributed by atoms with Crippen molar-refractivity contribution in [2.75, 3.05) is 19.6 Å². The number of carboxylic acid groups (broad SMARTS) is 1. The van der Waals surface area contributed by atoms with Crippen molar-refractivity contribution < 1.29 is 14.7 Å². The van der Waals surface area contributed by atoms with Gasteiger partial charge in [0.25, 0.3) is 0 Å². The third-order valence-corrected chi connectivity index (χ3v) is 3.69. The SMILES string of the molecule is CC(CNC(=O)N1CCc2ccccc2CC1)C(=O)O. The predicted molar refractivity (Wildman–Crippen MR) is 75.6 cm³/mol. The maximum atomic E-state index is 12.1. The van der Waals surface area contributed by atoms with E-state index < -0.39 is 11.9 Å². The molecule has 0 aliphatic carbocycles. The van der Waals surface area contributed by atoms with Crippen LogP contribution in [0.4, 0.5) is 4.79 Å². The molecule has 2 N–H and O–H groups in total. The lowest BCUT2D eigenvalue weighted by Gasteiger charge is -2.21. The van der Waals surface area contributed by atoms with E-state index in [9.17, 15) is 9.59 Å². The van der Waals surface area contributed by atoms with Crippen molar-refractivity contribution in [3.05, 3.63) is 35.4 Å². The summed E-state index contributed by atoms with van der Waals surface area (Å²) in [4.78, 5) is 24.5. The Bertz CT molecular complexity index is 475. The van der Waals surface area contributed by atoms with Gasteiger partial charge in [0.2, 0.25) is 0 Å². The Morgan fingerprint density at radius 2 is 1.80 bits per heavy atom. The van der Waals surface area contributed by atoms with Crippen molar-refractivity contribution >= 4 is 12.0 Å². The number of carbonyl (C=O) groups excluding carboxylic acids is 1. The summed E-state index contributed by atoms with van der Waals surface area (Å²) in [6, 6.07) is 8.06. The summed E-state index contributed by atoms with van der Waals surface area (Å²) in [7, 11) is 0. The van der Waals surface area contributed by atoms with Gasteiger partial charge in [-0.1, -0.05) is 31.2 Å². The van der Waals surface area contributed by atoms with Crippen molar-refractivity contribution in [1.29, 1.82) is 0 Å². The van der Waals surface area contributed by atoms with Gasteiger partial charge in [-0.15, -0.1) is 0 Å². The second-order valence-electron chi connectivity index (χ2n) is 5.18. The van der Waals surface area contributed by atoms with Crippen molar-refractivity contribution in [2.24, 2.45) is 5.92 Å². The van der Waals surface area contributed by atoms with E-state index in [0.717, 1.165) is 12.8 Å². The quantitative estimate of drug-likeness (QED) is 0.879. The first-order chi connectivity index (χ1) is 9.58. The zero-order valence-corrected chi connectivity index (χ0v) is 11.6. The van der Waals surface area contributed by atoms with Gasteiger partial charge < -0.3 is 15.3 Å². The standard InChI is InChI=1S/C15H20N2O3/c1-11(14(18)19)10-16-15(20)17-8-6-12-4-2-3-5-13(12)7-9-17/h2-5,11H,6-10H2,1H3,(H,16,20)(H,18,19). The summed E-state index contributed by atoms with van der Waals surface area (Å²) in [6.07, 6.45) is 1.69. The van der Waals surface area contributed by atoms with Crippen LogP contribution >= 0.6 is 0 Å². The lowest BCUT2D eigenvalue weighted by Crippen LogP contribution is -2.43. The summed E-state index contributed by atoms with van der Waals surface area (Å²) < 4.78 is 0. The van der Waals surface area contributed by atoms with Crippen LogP contribution in [0.15, 0.2) is 24.3 Å². The van der Waals surface area contributed by atoms with Crippen LogP contribution in [0, 0.1) is 5.92 Å². The molecule has 108 valence electrons. The third kappa shape index (κ3) is 3.50. The Morgan fingerprint density at radius 1 is 1.25 bits per heavy atom. The van der Waals surface area contributed by atoms with Gasteiger partial charge in [-0.25, -0.2) is 4.79 Å². The van der Waals surface area contributed by atoms with Gasteiger partial charge in [-0.2, -0.15) is 0 Å². The van der Waals surface area contributed by atoms with Crippen molar-refractivity contribution in [3.8, 4) is 0 Å². The van der Waals surface area contributed by atoms with Gasteiger partial charge in [-0.05, 0) is 24.0 Å². The molecule has 5 nitrogen and oxygen atoms in total. The maximum absolute atomic E-state index is 12.1. The van der Waals surface area contributed by atoms with Gasteiger partial charge >= 0.3 is 12.0 Å². The van der Waals surface area contributed by atoms with Crippen LogP contribution in [-0.4, -0.2) is 41.6 Å². The highest BCUT2D eigenvalue weighted by Gasteiger charge is 2.19. The molecule has 0 saturated carbocycles. The number of fused-ring (bicyclic) bond motifs is 1. The largest absolute Gasteiger partial charge is 0.481 e. The van der Waals surface area contributed by atoms with Gasteiger partial charge in [0.1, 0.15) is 0 Å². The number of amides is 2. The number of nitrogens with one attached hydrogen (secondary N) is 1. The van der Waals surface area contributed by atoms with Crippen LogP contribution < -0.4 is 5.32 Å². The van der Waals surface area contributed by atoms with Gasteiger partial charge in [0.15, 0.2) is 0 Å². The molecule has 20 heavy (non-hydrogen) atoms. The van der Waals surface area contributed by atoms with Crippen molar-refractivity contribution in [1.82, 2.24) is 10.2 Å². The lowest BCUT2D eigenvalue weighted by molar-refractivity contribution is -0.140. The monoisotopic (exact) mass is 276 g/mol. The smallest absolute Gasteiger partial charge is 0.317 e. The average Bonchev–Trinajstić information content (AvgIpc) is 2.66. The normalized spacial score (nSPS) is 15.9. The predicted octanol–water partition coefficient (Wildman–Crippen LogP) is 1.52. The average molecular weight is 276 g/mol. The zero-order chi connectivity index (χ0) is 14.5. The van der Waals surface area contributed by atoms with Crippen LogP contribution in [-0.2, 0) is 17.6 Å². The molecule has 1 aromatic rings. The van der Waals surface area contributed by atoms with E-state index in [1.807, 2.05) is 12.1 Å². The summed E-state index contributed by atoms with van der Waals surface area (Å²) in [5.41, 5.74) is 2.59. The van der Waals surface area contributed by atoms with Crippen molar-refractivity contribution in [2.45, 2.75) is 19.8 Å².